The van der Waals surface area contributed by atoms with Gasteiger partial charge in [-0.1, -0.05) is 12.1 Å². The number of amides is 1. The molecule has 2 heterocycles. The number of aliphatic carboxylic acids is 1. The highest BCUT2D eigenvalue weighted by Crippen LogP contribution is 2.20. The lowest BCUT2D eigenvalue weighted by Crippen LogP contribution is -2.48. The van der Waals surface area contributed by atoms with E-state index in [4.69, 9.17) is 0 Å². The van der Waals surface area contributed by atoms with Crippen molar-refractivity contribution >= 4 is 11.9 Å². The van der Waals surface area contributed by atoms with Crippen molar-refractivity contribution in [3.05, 3.63) is 54.1 Å². The van der Waals surface area contributed by atoms with Gasteiger partial charge in [-0.3, -0.25) is 4.79 Å². The van der Waals surface area contributed by atoms with Gasteiger partial charge in [0.1, 0.15) is 6.04 Å². The molecule has 3 rings (SSSR count). The quantitative estimate of drug-likeness (QED) is 0.937. The lowest BCUT2D eigenvalue weighted by molar-refractivity contribution is -0.143. The van der Waals surface area contributed by atoms with Crippen LogP contribution in [0.2, 0.25) is 0 Å². The molecule has 1 saturated heterocycles. The van der Waals surface area contributed by atoms with E-state index in [0.29, 0.717) is 25.1 Å². The number of nitrogens with zero attached hydrogens (tertiary/aromatic N) is 3. The number of carbonyl (C=O) groups excluding carboxylic acids is 1. The molecule has 1 aliphatic heterocycles. The van der Waals surface area contributed by atoms with E-state index in [9.17, 15) is 14.7 Å². The number of hydrogen-bond acceptors (Lipinski definition) is 3. The summed E-state index contributed by atoms with van der Waals surface area (Å²) in [6.45, 7) is 1.13. The van der Waals surface area contributed by atoms with E-state index in [1.807, 2.05) is 29.0 Å². The lowest BCUT2D eigenvalue weighted by Gasteiger charge is -2.33. The van der Waals surface area contributed by atoms with Gasteiger partial charge in [0, 0.05) is 31.0 Å². The fourth-order valence-corrected chi connectivity index (χ4v) is 2.99. The summed E-state index contributed by atoms with van der Waals surface area (Å²) in [5.74, 6) is -1.13. The van der Waals surface area contributed by atoms with Crippen molar-refractivity contribution in [2.45, 2.75) is 31.8 Å². The van der Waals surface area contributed by atoms with Gasteiger partial charge in [0.05, 0.1) is 6.33 Å². The fraction of sp³-hybridized carbons (Fsp3) is 0.353. The number of benzene rings is 1. The molecule has 6 heteroatoms. The highest BCUT2D eigenvalue weighted by Gasteiger charge is 2.32. The zero-order chi connectivity index (χ0) is 16.2. The minimum Gasteiger partial charge on any atom is -0.480 e. The molecule has 1 unspecified atom stereocenters. The molecule has 6 nitrogen and oxygen atoms in total. The number of piperidine rings is 1. The first kappa shape index (κ1) is 15.3. The Morgan fingerprint density at radius 2 is 2.17 bits per heavy atom. The number of aromatic nitrogens is 2. The molecule has 1 atom stereocenters. The maximum atomic E-state index is 12.7. The standard InChI is InChI=1S/C17H19N3O3/c21-16(20-8-2-1-6-15(20)17(22)23)14-5-3-4-13(10-14)11-19-9-7-18-12-19/h3-5,7,9-10,12,15H,1-2,6,8,11H2,(H,22,23). The Morgan fingerprint density at radius 3 is 2.91 bits per heavy atom. The van der Waals surface area contributed by atoms with Gasteiger partial charge < -0.3 is 14.6 Å². The summed E-state index contributed by atoms with van der Waals surface area (Å²) in [5.41, 5.74) is 1.52. The number of likely N-dealkylation sites (tertiary alicyclic amines) is 1. The number of hydrogen-bond donors (Lipinski definition) is 1. The summed E-state index contributed by atoms with van der Waals surface area (Å²) in [5, 5.41) is 9.33. The second-order valence-electron chi connectivity index (χ2n) is 5.78. The summed E-state index contributed by atoms with van der Waals surface area (Å²) in [7, 11) is 0. The van der Waals surface area contributed by atoms with E-state index in [2.05, 4.69) is 4.98 Å². The third-order valence-corrected chi connectivity index (χ3v) is 4.15. The number of imidazole rings is 1. The minimum atomic E-state index is -0.923. The van der Waals surface area contributed by atoms with Crippen LogP contribution in [0.3, 0.4) is 0 Å². The molecule has 0 saturated carbocycles. The van der Waals surface area contributed by atoms with E-state index in [0.717, 1.165) is 18.4 Å². The van der Waals surface area contributed by atoms with Crippen molar-refractivity contribution in [3.63, 3.8) is 0 Å². The summed E-state index contributed by atoms with van der Waals surface area (Å²) in [4.78, 5) is 29.6. The molecular weight excluding hydrogens is 294 g/mol. The van der Waals surface area contributed by atoms with Crippen LogP contribution in [0.5, 0.6) is 0 Å². The second kappa shape index (κ2) is 6.64. The first-order valence-electron chi connectivity index (χ1n) is 7.73. The summed E-state index contributed by atoms with van der Waals surface area (Å²) >= 11 is 0. The zero-order valence-electron chi connectivity index (χ0n) is 12.8. The Labute approximate surface area is 134 Å². The Bertz CT molecular complexity index is 697. The number of carbonyl (C=O) groups is 2. The SMILES string of the molecule is O=C(O)C1CCCCN1C(=O)c1cccc(Cn2ccnc2)c1. The average molecular weight is 313 g/mol. The number of carboxylic acids is 1. The Kier molecular flexibility index (Phi) is 4.41. The highest BCUT2D eigenvalue weighted by atomic mass is 16.4. The molecule has 1 amide bonds. The maximum absolute atomic E-state index is 12.7. The van der Waals surface area contributed by atoms with Crippen LogP contribution < -0.4 is 0 Å². The van der Waals surface area contributed by atoms with Gasteiger partial charge in [0.25, 0.3) is 5.91 Å². The number of rotatable bonds is 4. The average Bonchev–Trinajstić information content (AvgIpc) is 3.07. The van der Waals surface area contributed by atoms with Gasteiger partial charge in [-0.05, 0) is 37.0 Å². The predicted molar refractivity (Wildman–Crippen MR) is 84.1 cm³/mol. The molecule has 1 N–H and O–H groups in total. The van der Waals surface area contributed by atoms with Gasteiger partial charge >= 0.3 is 5.97 Å². The van der Waals surface area contributed by atoms with Gasteiger partial charge in [-0.2, -0.15) is 0 Å². The summed E-state index contributed by atoms with van der Waals surface area (Å²) in [6.07, 6.45) is 7.51. The van der Waals surface area contributed by atoms with Crippen LogP contribution in [-0.4, -0.2) is 44.0 Å². The largest absolute Gasteiger partial charge is 0.480 e. The Balaban J connectivity index is 1.80. The van der Waals surface area contributed by atoms with Crippen LogP contribution in [0.4, 0.5) is 0 Å². The second-order valence-corrected chi connectivity index (χ2v) is 5.78. The van der Waals surface area contributed by atoms with Crippen LogP contribution in [0.25, 0.3) is 0 Å². The highest BCUT2D eigenvalue weighted by molar-refractivity contribution is 5.96. The lowest BCUT2D eigenvalue weighted by atomic mass is 10.0. The summed E-state index contributed by atoms with van der Waals surface area (Å²) < 4.78 is 1.92. The van der Waals surface area contributed by atoms with Crippen molar-refractivity contribution in [1.29, 1.82) is 0 Å². The van der Waals surface area contributed by atoms with Gasteiger partial charge in [0.15, 0.2) is 0 Å². The maximum Gasteiger partial charge on any atom is 0.326 e. The fourth-order valence-electron chi connectivity index (χ4n) is 2.99. The van der Waals surface area contributed by atoms with Crippen LogP contribution in [-0.2, 0) is 11.3 Å². The minimum absolute atomic E-state index is 0.204. The molecule has 0 spiro atoms. The third kappa shape index (κ3) is 3.41. The van der Waals surface area contributed by atoms with Gasteiger partial charge in [-0.15, -0.1) is 0 Å². The summed E-state index contributed by atoms with van der Waals surface area (Å²) in [6, 6.07) is 6.64. The van der Waals surface area contributed by atoms with Crippen LogP contribution in [0, 0.1) is 0 Å². The van der Waals surface area contributed by atoms with Gasteiger partial charge in [-0.25, -0.2) is 9.78 Å². The molecule has 1 aromatic heterocycles. The molecule has 0 radical (unpaired) electrons. The monoisotopic (exact) mass is 313 g/mol. The van der Waals surface area contributed by atoms with Crippen molar-refractivity contribution in [2.75, 3.05) is 6.54 Å². The first-order valence-corrected chi connectivity index (χ1v) is 7.73. The zero-order valence-corrected chi connectivity index (χ0v) is 12.8. The Hall–Kier alpha value is -2.63. The van der Waals surface area contributed by atoms with Crippen LogP contribution >= 0.6 is 0 Å². The molecule has 120 valence electrons. The van der Waals surface area contributed by atoms with Crippen LogP contribution in [0.1, 0.15) is 35.2 Å². The molecule has 1 aromatic carbocycles. The van der Waals surface area contributed by atoms with E-state index < -0.39 is 12.0 Å². The molecule has 23 heavy (non-hydrogen) atoms. The molecule has 0 aliphatic carbocycles. The van der Waals surface area contributed by atoms with Crippen molar-refractivity contribution in [3.8, 4) is 0 Å². The van der Waals surface area contributed by atoms with E-state index in [1.54, 1.807) is 18.6 Å². The number of carboxylic acid groups (broad SMARTS) is 1. The van der Waals surface area contributed by atoms with Crippen LogP contribution in [0.15, 0.2) is 43.0 Å². The first-order chi connectivity index (χ1) is 11.1. The Morgan fingerprint density at radius 1 is 1.30 bits per heavy atom. The molecule has 1 fully saturated rings. The predicted octanol–water partition coefficient (Wildman–Crippen LogP) is 2.01. The molecule has 2 aromatic rings. The van der Waals surface area contributed by atoms with Crippen molar-refractivity contribution in [2.24, 2.45) is 0 Å². The van der Waals surface area contributed by atoms with Gasteiger partial charge in [0.2, 0.25) is 0 Å². The molecule has 0 bridgehead atoms. The van der Waals surface area contributed by atoms with E-state index in [-0.39, 0.29) is 5.91 Å². The third-order valence-electron chi connectivity index (χ3n) is 4.15. The normalized spacial score (nSPS) is 17.9. The smallest absolute Gasteiger partial charge is 0.326 e. The topological polar surface area (TPSA) is 75.4 Å². The van der Waals surface area contributed by atoms with Crippen molar-refractivity contribution < 1.29 is 14.7 Å². The van der Waals surface area contributed by atoms with E-state index >= 15 is 0 Å². The molecule has 1 aliphatic rings. The van der Waals surface area contributed by atoms with Crippen molar-refractivity contribution in [1.82, 2.24) is 14.5 Å². The van der Waals surface area contributed by atoms with E-state index in [1.165, 1.54) is 4.90 Å². The molecular formula is C17H19N3O3.